The second-order valence-corrected chi connectivity index (χ2v) is 6.66. The predicted molar refractivity (Wildman–Crippen MR) is 102 cm³/mol. The summed E-state index contributed by atoms with van der Waals surface area (Å²) in [6, 6.07) is 8.48. The Morgan fingerprint density at radius 2 is 1.81 bits per heavy atom. The van der Waals surface area contributed by atoms with Gasteiger partial charge in [-0.15, -0.1) is 10.2 Å². The molecule has 0 saturated heterocycles. The second kappa shape index (κ2) is 8.31. The Balaban J connectivity index is 2.09. The molecule has 0 aliphatic heterocycles. The van der Waals surface area contributed by atoms with Crippen LogP contribution in [0.5, 0.6) is 11.6 Å². The Hall–Kier alpha value is -3.53. The molecule has 3 aromatic rings. The Kier molecular flexibility index (Phi) is 5.94. The third-order valence-corrected chi connectivity index (χ3v) is 4.51. The number of aromatic nitrogens is 2. The molecule has 6 nitrogen and oxygen atoms in total. The molecule has 160 valence electrons. The summed E-state index contributed by atoms with van der Waals surface area (Å²) in [7, 11) is 0. The Morgan fingerprint density at radius 3 is 2.42 bits per heavy atom. The molecule has 0 spiro atoms. The molecule has 11 heteroatoms. The van der Waals surface area contributed by atoms with E-state index in [2.05, 4.69) is 10.2 Å². The molecule has 0 aliphatic rings. The maximum atomic E-state index is 14.5. The number of hydrogen-bond donors (Lipinski definition) is 1. The number of benzene rings is 2. The van der Waals surface area contributed by atoms with Crippen molar-refractivity contribution in [2.75, 3.05) is 0 Å². The molecule has 31 heavy (non-hydrogen) atoms. The van der Waals surface area contributed by atoms with E-state index in [0.717, 1.165) is 12.1 Å². The van der Waals surface area contributed by atoms with Crippen LogP contribution in [-0.4, -0.2) is 21.9 Å². The minimum absolute atomic E-state index is 0.122. The molecule has 1 aromatic heterocycles. The minimum atomic E-state index is -4.86. The Morgan fingerprint density at radius 1 is 1.10 bits per heavy atom. The van der Waals surface area contributed by atoms with E-state index < -0.39 is 35.0 Å². The van der Waals surface area contributed by atoms with Crippen LogP contribution in [0.4, 0.5) is 17.6 Å². The molecule has 0 fully saturated rings. The number of carbonyl (C=O) groups excluding carboxylic acids is 2. The fourth-order valence-electron chi connectivity index (χ4n) is 2.65. The molecule has 0 saturated carbocycles. The van der Waals surface area contributed by atoms with Crippen LogP contribution in [0.25, 0.3) is 11.1 Å². The predicted octanol–water partition coefficient (Wildman–Crippen LogP) is 5.05. The number of ketones is 1. The lowest BCUT2D eigenvalue weighted by molar-refractivity contribution is -0.141. The first-order valence-electron chi connectivity index (χ1n) is 8.51. The lowest BCUT2D eigenvalue weighted by atomic mass is 10.0. The van der Waals surface area contributed by atoms with Crippen LogP contribution in [0.15, 0.2) is 42.5 Å². The highest BCUT2D eigenvalue weighted by atomic mass is 35.5. The highest BCUT2D eigenvalue weighted by molar-refractivity contribution is 6.35. The van der Waals surface area contributed by atoms with Crippen molar-refractivity contribution in [3.05, 3.63) is 70.1 Å². The number of alkyl halides is 3. The van der Waals surface area contributed by atoms with Crippen LogP contribution in [0.1, 0.15) is 33.3 Å². The first-order valence-corrected chi connectivity index (χ1v) is 8.88. The van der Waals surface area contributed by atoms with E-state index >= 15 is 0 Å². The summed E-state index contributed by atoms with van der Waals surface area (Å²) in [5.41, 5.74) is 3.44. The van der Waals surface area contributed by atoms with Crippen LogP contribution in [0, 0.1) is 5.82 Å². The summed E-state index contributed by atoms with van der Waals surface area (Å²) in [6.45, 7) is 1.34. The van der Waals surface area contributed by atoms with Crippen molar-refractivity contribution in [3.63, 3.8) is 0 Å². The number of nitrogens with two attached hydrogens (primary N) is 1. The van der Waals surface area contributed by atoms with Gasteiger partial charge in [0, 0.05) is 11.1 Å². The zero-order chi connectivity index (χ0) is 22.9. The van der Waals surface area contributed by atoms with E-state index in [-0.39, 0.29) is 27.7 Å². The molecule has 0 unspecified atom stereocenters. The highest BCUT2D eigenvalue weighted by Gasteiger charge is 2.35. The molecule has 2 aromatic carbocycles. The van der Waals surface area contributed by atoms with Gasteiger partial charge in [-0.3, -0.25) is 9.59 Å². The molecule has 0 aliphatic carbocycles. The zero-order valence-electron chi connectivity index (χ0n) is 15.6. The summed E-state index contributed by atoms with van der Waals surface area (Å²) in [5.74, 6) is -3.10. The van der Waals surface area contributed by atoms with Gasteiger partial charge in [0.25, 0.3) is 11.8 Å². The van der Waals surface area contributed by atoms with Gasteiger partial charge in [-0.1, -0.05) is 29.8 Å². The molecular weight excluding hydrogens is 442 g/mol. The Labute approximate surface area is 177 Å². The molecule has 3 rings (SSSR count). The number of nitrogens with zero attached hydrogens (tertiary/aromatic N) is 2. The number of hydrogen-bond acceptors (Lipinski definition) is 5. The molecule has 2 N–H and O–H groups in total. The van der Waals surface area contributed by atoms with Crippen molar-refractivity contribution in [2.24, 2.45) is 5.73 Å². The number of amides is 1. The molecular formula is C20H12ClF4N3O3. The van der Waals surface area contributed by atoms with Crippen LogP contribution in [0.3, 0.4) is 0 Å². The summed E-state index contributed by atoms with van der Waals surface area (Å²) in [4.78, 5) is 23.2. The van der Waals surface area contributed by atoms with Crippen LogP contribution in [0.2, 0.25) is 5.02 Å². The maximum absolute atomic E-state index is 14.5. The summed E-state index contributed by atoms with van der Waals surface area (Å²) in [6.07, 6.45) is -4.86. The third-order valence-electron chi connectivity index (χ3n) is 4.14. The monoisotopic (exact) mass is 453 g/mol. The normalized spacial score (nSPS) is 11.3. The standard InChI is InChI=1S/C20H12ClF4N3O3/c1-9(29)10-3-2-4-11(7-10)16-13(22)5-6-14(17(16)21)31-19-12(18(26)30)8-15(27-28-19)20(23,24)25/h2-8H,1H3,(H2,26,30). The quantitative estimate of drug-likeness (QED) is 0.431. The average molecular weight is 454 g/mol. The van der Waals surface area contributed by atoms with Crippen LogP contribution >= 0.6 is 11.6 Å². The summed E-state index contributed by atoms with van der Waals surface area (Å²) >= 11 is 6.27. The van der Waals surface area contributed by atoms with Gasteiger partial charge in [0.1, 0.15) is 17.1 Å². The fourth-order valence-corrected chi connectivity index (χ4v) is 2.95. The van der Waals surface area contributed by atoms with Crippen LogP contribution < -0.4 is 10.5 Å². The number of Topliss-reactive ketones (excluding diaryl/α,β-unsaturated/α-hetero) is 1. The van der Waals surface area contributed by atoms with Crippen molar-refractivity contribution in [1.29, 1.82) is 0 Å². The first-order chi connectivity index (χ1) is 14.5. The van der Waals surface area contributed by atoms with E-state index in [4.69, 9.17) is 22.1 Å². The number of halogens is 5. The highest BCUT2D eigenvalue weighted by Crippen LogP contribution is 2.40. The maximum Gasteiger partial charge on any atom is 0.435 e. The molecule has 1 heterocycles. The topological polar surface area (TPSA) is 95.2 Å². The van der Waals surface area contributed by atoms with Crippen molar-refractivity contribution in [1.82, 2.24) is 10.2 Å². The van der Waals surface area contributed by atoms with Crippen molar-refractivity contribution in [2.45, 2.75) is 13.1 Å². The van der Waals surface area contributed by atoms with Gasteiger partial charge in [0.2, 0.25) is 0 Å². The lowest BCUT2D eigenvalue weighted by Gasteiger charge is -2.14. The van der Waals surface area contributed by atoms with Gasteiger partial charge in [0.15, 0.2) is 11.5 Å². The number of carbonyl (C=O) groups is 2. The van der Waals surface area contributed by atoms with Gasteiger partial charge in [-0.2, -0.15) is 13.2 Å². The Bertz CT molecular complexity index is 1200. The molecule has 0 atom stereocenters. The average Bonchev–Trinajstić information content (AvgIpc) is 2.69. The van der Waals surface area contributed by atoms with Crippen LogP contribution in [-0.2, 0) is 6.18 Å². The third kappa shape index (κ3) is 4.64. The molecule has 0 bridgehead atoms. The number of rotatable bonds is 5. The van der Waals surface area contributed by atoms with Gasteiger partial charge in [0.05, 0.1) is 5.02 Å². The smallest absolute Gasteiger partial charge is 0.435 e. The second-order valence-electron chi connectivity index (χ2n) is 6.28. The van der Waals surface area contributed by atoms with E-state index in [1.54, 1.807) is 0 Å². The zero-order valence-corrected chi connectivity index (χ0v) is 16.4. The first kappa shape index (κ1) is 22.2. The van der Waals surface area contributed by atoms with E-state index in [9.17, 15) is 27.2 Å². The number of primary amides is 1. The van der Waals surface area contributed by atoms with Gasteiger partial charge in [-0.05, 0) is 36.8 Å². The van der Waals surface area contributed by atoms with Gasteiger partial charge >= 0.3 is 6.18 Å². The fraction of sp³-hybridized carbons (Fsp3) is 0.100. The molecule has 0 radical (unpaired) electrons. The van der Waals surface area contributed by atoms with E-state index in [1.807, 2.05) is 0 Å². The van der Waals surface area contributed by atoms with Gasteiger partial charge in [-0.25, -0.2) is 4.39 Å². The SMILES string of the molecule is CC(=O)c1cccc(-c2c(F)ccc(Oc3nnc(C(F)(F)F)cc3C(N)=O)c2Cl)c1. The number of ether oxygens (including phenoxy) is 1. The summed E-state index contributed by atoms with van der Waals surface area (Å²) < 4.78 is 58.4. The van der Waals surface area contributed by atoms with E-state index in [0.29, 0.717) is 11.6 Å². The minimum Gasteiger partial charge on any atom is -0.435 e. The van der Waals surface area contributed by atoms with Crippen molar-refractivity contribution >= 4 is 23.3 Å². The summed E-state index contributed by atoms with van der Waals surface area (Å²) in [5, 5.41) is 5.99. The van der Waals surface area contributed by atoms with Crippen molar-refractivity contribution in [3.8, 4) is 22.8 Å². The van der Waals surface area contributed by atoms with Gasteiger partial charge < -0.3 is 10.5 Å². The molecule has 1 amide bonds. The largest absolute Gasteiger partial charge is 0.435 e. The van der Waals surface area contributed by atoms with Crippen molar-refractivity contribution < 1.29 is 31.9 Å². The lowest BCUT2D eigenvalue weighted by Crippen LogP contribution is -2.17. The van der Waals surface area contributed by atoms with E-state index in [1.165, 1.54) is 31.2 Å².